The average molecular weight is 346 g/mol. The molecule has 9 nitrogen and oxygen atoms in total. The fourth-order valence-electron chi connectivity index (χ4n) is 2.22. The number of ether oxygens (including phenoxy) is 1. The molecular weight excluding hydrogens is 334 g/mol. The second-order valence-electron chi connectivity index (χ2n) is 4.41. The number of anilines is 1. The number of nitrogens with two attached hydrogens (primary N) is 1. The number of aliphatic hydroxyl groups excluding tert-OH is 3. The Kier molecular flexibility index (Phi) is 3.34. The summed E-state index contributed by atoms with van der Waals surface area (Å²) in [4.78, 5) is 12.1. The third kappa shape index (κ3) is 1.88. The summed E-state index contributed by atoms with van der Waals surface area (Å²) in [6, 6.07) is 0. The van der Waals surface area contributed by atoms with E-state index in [1.807, 2.05) is 0 Å². The minimum Gasteiger partial charge on any atom is -0.394 e. The van der Waals surface area contributed by atoms with Gasteiger partial charge in [-0.25, -0.2) is 15.0 Å². The first-order valence-corrected chi connectivity index (χ1v) is 6.60. The Hall–Kier alpha value is -1.33. The summed E-state index contributed by atoms with van der Waals surface area (Å²) in [6.07, 6.45) is -2.97. The Morgan fingerprint density at radius 3 is 2.75 bits per heavy atom. The molecule has 3 heterocycles. The van der Waals surface area contributed by atoms with Crippen molar-refractivity contribution in [3.8, 4) is 0 Å². The van der Waals surface area contributed by atoms with Crippen LogP contribution in [-0.4, -0.2) is 59.8 Å². The third-order valence-corrected chi connectivity index (χ3v) is 3.79. The van der Waals surface area contributed by atoms with Crippen molar-refractivity contribution in [1.29, 1.82) is 0 Å². The van der Waals surface area contributed by atoms with Crippen LogP contribution < -0.4 is 5.73 Å². The molecule has 2 aromatic heterocycles. The predicted molar refractivity (Wildman–Crippen MR) is 70.4 cm³/mol. The SMILES string of the molecule is Nc1ncnc2c1nc(Br)n2[C@@H]1O[C@H](CO)C(O)C1O. The Morgan fingerprint density at radius 2 is 2.10 bits per heavy atom. The van der Waals surface area contributed by atoms with Crippen molar-refractivity contribution >= 4 is 32.9 Å². The molecule has 0 aliphatic carbocycles. The van der Waals surface area contributed by atoms with Crippen molar-refractivity contribution in [2.45, 2.75) is 24.5 Å². The molecule has 0 amide bonds. The molecule has 4 atom stereocenters. The zero-order valence-corrected chi connectivity index (χ0v) is 11.7. The van der Waals surface area contributed by atoms with Gasteiger partial charge >= 0.3 is 0 Å². The van der Waals surface area contributed by atoms with Crippen LogP contribution in [0.15, 0.2) is 11.1 Å². The highest BCUT2D eigenvalue weighted by atomic mass is 79.9. The summed E-state index contributed by atoms with van der Waals surface area (Å²) in [7, 11) is 0. The Balaban J connectivity index is 2.11. The molecule has 0 saturated carbocycles. The van der Waals surface area contributed by atoms with E-state index in [-0.39, 0.29) is 5.82 Å². The van der Waals surface area contributed by atoms with E-state index in [0.29, 0.717) is 15.9 Å². The second kappa shape index (κ2) is 4.90. The molecule has 0 aromatic carbocycles. The zero-order valence-electron chi connectivity index (χ0n) is 10.1. The van der Waals surface area contributed by atoms with Crippen molar-refractivity contribution in [3.05, 3.63) is 11.1 Å². The zero-order chi connectivity index (χ0) is 14.4. The first-order valence-electron chi connectivity index (χ1n) is 5.81. The molecule has 20 heavy (non-hydrogen) atoms. The normalized spacial score (nSPS) is 30.2. The van der Waals surface area contributed by atoms with Gasteiger partial charge in [-0.05, 0) is 15.9 Å². The highest BCUT2D eigenvalue weighted by molar-refractivity contribution is 9.10. The van der Waals surface area contributed by atoms with Gasteiger partial charge < -0.3 is 25.8 Å². The minimum absolute atomic E-state index is 0.196. The van der Waals surface area contributed by atoms with Crippen LogP contribution in [0.25, 0.3) is 11.2 Å². The third-order valence-electron chi connectivity index (χ3n) is 3.23. The number of aromatic nitrogens is 4. The van der Waals surface area contributed by atoms with Crippen molar-refractivity contribution in [2.24, 2.45) is 0 Å². The molecule has 0 radical (unpaired) electrons. The van der Waals surface area contributed by atoms with E-state index in [1.54, 1.807) is 0 Å². The summed E-state index contributed by atoms with van der Waals surface area (Å²) in [5.74, 6) is 0.196. The molecule has 1 aliphatic heterocycles. The first-order chi connectivity index (χ1) is 9.54. The summed E-state index contributed by atoms with van der Waals surface area (Å²) < 4.78 is 7.23. The number of hydrogen-bond donors (Lipinski definition) is 4. The summed E-state index contributed by atoms with van der Waals surface area (Å²) in [5.41, 5.74) is 6.43. The van der Waals surface area contributed by atoms with E-state index in [2.05, 4.69) is 30.9 Å². The van der Waals surface area contributed by atoms with Gasteiger partial charge in [0.2, 0.25) is 0 Å². The molecule has 10 heteroatoms. The molecule has 1 fully saturated rings. The molecule has 0 spiro atoms. The molecule has 5 N–H and O–H groups in total. The number of rotatable bonds is 2. The standard InChI is InChI=1S/C10H12BrN5O4/c11-10-15-4-7(12)13-2-14-8(4)16(10)9-6(19)5(18)3(1-17)20-9/h2-3,5-6,9,17-19H,1H2,(H2,12,13,14)/t3-,5?,6?,9-/m1/s1. The Bertz CT molecular complexity index is 650. The van der Waals surface area contributed by atoms with Crippen molar-refractivity contribution < 1.29 is 20.1 Å². The van der Waals surface area contributed by atoms with E-state index in [0.717, 1.165) is 0 Å². The van der Waals surface area contributed by atoms with Gasteiger partial charge in [-0.2, -0.15) is 0 Å². The van der Waals surface area contributed by atoms with Gasteiger partial charge in [0.25, 0.3) is 0 Å². The maximum Gasteiger partial charge on any atom is 0.181 e. The van der Waals surface area contributed by atoms with E-state index in [9.17, 15) is 10.2 Å². The van der Waals surface area contributed by atoms with Crippen molar-refractivity contribution in [3.63, 3.8) is 0 Å². The summed E-state index contributed by atoms with van der Waals surface area (Å²) >= 11 is 3.24. The van der Waals surface area contributed by atoms with Crippen LogP contribution in [0.5, 0.6) is 0 Å². The lowest BCUT2D eigenvalue weighted by Gasteiger charge is -2.17. The van der Waals surface area contributed by atoms with Crippen LogP contribution in [-0.2, 0) is 4.74 Å². The van der Waals surface area contributed by atoms with Gasteiger partial charge in [0.15, 0.2) is 27.9 Å². The number of fused-ring (bicyclic) bond motifs is 1. The van der Waals surface area contributed by atoms with Gasteiger partial charge in [-0.3, -0.25) is 4.57 Å². The maximum atomic E-state index is 10.1. The number of nitrogens with zero attached hydrogens (tertiary/aromatic N) is 4. The molecule has 1 aliphatic rings. The van der Waals surface area contributed by atoms with E-state index >= 15 is 0 Å². The van der Waals surface area contributed by atoms with E-state index in [4.69, 9.17) is 15.6 Å². The van der Waals surface area contributed by atoms with Crippen LogP contribution in [0.1, 0.15) is 6.23 Å². The number of aliphatic hydroxyl groups is 3. The highest BCUT2D eigenvalue weighted by Crippen LogP contribution is 2.34. The van der Waals surface area contributed by atoms with Gasteiger partial charge in [0.05, 0.1) is 6.61 Å². The number of nitrogen functional groups attached to an aromatic ring is 1. The average Bonchev–Trinajstić information content (AvgIpc) is 2.90. The van der Waals surface area contributed by atoms with Crippen LogP contribution in [0.2, 0.25) is 0 Å². The van der Waals surface area contributed by atoms with Gasteiger partial charge in [-0.1, -0.05) is 0 Å². The number of hydrogen-bond acceptors (Lipinski definition) is 8. The second-order valence-corrected chi connectivity index (χ2v) is 5.12. The highest BCUT2D eigenvalue weighted by Gasteiger charge is 2.44. The van der Waals surface area contributed by atoms with Crippen LogP contribution in [0.4, 0.5) is 5.82 Å². The fourth-order valence-corrected chi connectivity index (χ4v) is 2.77. The summed E-state index contributed by atoms with van der Waals surface area (Å²) in [5, 5.41) is 29.0. The van der Waals surface area contributed by atoms with Gasteiger partial charge in [0, 0.05) is 0 Å². The van der Waals surface area contributed by atoms with Gasteiger partial charge in [-0.15, -0.1) is 0 Å². The fraction of sp³-hybridized carbons (Fsp3) is 0.500. The molecule has 2 aromatic rings. The molecule has 108 valence electrons. The van der Waals surface area contributed by atoms with E-state index < -0.39 is 31.1 Å². The minimum atomic E-state index is -1.22. The van der Waals surface area contributed by atoms with Crippen molar-refractivity contribution in [2.75, 3.05) is 12.3 Å². The molecule has 0 bridgehead atoms. The summed E-state index contributed by atoms with van der Waals surface area (Å²) in [6.45, 7) is -0.407. The van der Waals surface area contributed by atoms with Crippen LogP contribution >= 0.6 is 15.9 Å². The smallest absolute Gasteiger partial charge is 0.181 e. The predicted octanol–water partition coefficient (Wildman–Crippen LogP) is -1.22. The van der Waals surface area contributed by atoms with Gasteiger partial charge in [0.1, 0.15) is 24.6 Å². The van der Waals surface area contributed by atoms with Crippen molar-refractivity contribution in [1.82, 2.24) is 19.5 Å². The monoisotopic (exact) mass is 345 g/mol. The largest absolute Gasteiger partial charge is 0.394 e. The topological polar surface area (TPSA) is 140 Å². The molecule has 3 rings (SSSR count). The Labute approximate surface area is 121 Å². The lowest BCUT2D eigenvalue weighted by Crippen LogP contribution is -2.33. The molecular formula is C10H12BrN5O4. The molecule has 2 unspecified atom stereocenters. The maximum absolute atomic E-state index is 10.1. The quantitative estimate of drug-likeness (QED) is 0.496. The lowest BCUT2D eigenvalue weighted by molar-refractivity contribution is -0.0521. The molecule has 1 saturated heterocycles. The van der Waals surface area contributed by atoms with E-state index in [1.165, 1.54) is 10.9 Å². The van der Waals surface area contributed by atoms with Crippen LogP contribution in [0, 0.1) is 0 Å². The van der Waals surface area contributed by atoms with Crippen LogP contribution in [0.3, 0.4) is 0 Å². The number of imidazole rings is 1. The first kappa shape index (κ1) is 13.6. The number of halogens is 1. The Morgan fingerprint density at radius 1 is 1.35 bits per heavy atom. The lowest BCUT2D eigenvalue weighted by atomic mass is 10.1.